The Hall–Kier alpha value is -4.05. The summed E-state index contributed by atoms with van der Waals surface area (Å²) in [5.74, 6) is 0.355. The summed E-state index contributed by atoms with van der Waals surface area (Å²) in [6.45, 7) is 0.860. The van der Waals surface area contributed by atoms with Crippen molar-refractivity contribution in [2.75, 3.05) is 0 Å². The molecule has 4 aromatic carbocycles. The van der Waals surface area contributed by atoms with E-state index in [1.165, 1.54) is 0 Å². The first-order chi connectivity index (χ1) is 15.2. The molecule has 0 atom stereocenters. The largest absolute Gasteiger partial charge is 0.485 e. The Bertz CT molecular complexity index is 1140. The Balaban J connectivity index is 1.59. The van der Waals surface area contributed by atoms with E-state index in [2.05, 4.69) is 0 Å². The van der Waals surface area contributed by atoms with Crippen LogP contribution in [0.25, 0.3) is 11.1 Å². The van der Waals surface area contributed by atoms with Crippen molar-refractivity contribution in [3.05, 3.63) is 120 Å². The van der Waals surface area contributed by atoms with Crippen LogP contribution in [-0.4, -0.2) is 11.1 Å². The number of rotatable bonds is 8. The third-order valence-corrected chi connectivity index (χ3v) is 4.88. The van der Waals surface area contributed by atoms with Crippen LogP contribution in [0.4, 0.5) is 0 Å². The molecule has 31 heavy (non-hydrogen) atoms. The van der Waals surface area contributed by atoms with Gasteiger partial charge in [-0.1, -0.05) is 78.9 Å². The van der Waals surface area contributed by atoms with E-state index in [1.807, 2.05) is 78.9 Å². The van der Waals surface area contributed by atoms with E-state index in [9.17, 15) is 4.79 Å². The number of carbonyl (C=O) groups is 1. The molecule has 0 fully saturated rings. The van der Waals surface area contributed by atoms with Gasteiger partial charge in [0.15, 0.2) is 11.5 Å². The van der Waals surface area contributed by atoms with Crippen molar-refractivity contribution >= 4 is 5.97 Å². The summed E-state index contributed by atoms with van der Waals surface area (Å²) < 4.78 is 12.2. The second-order valence-corrected chi connectivity index (χ2v) is 7.09. The second kappa shape index (κ2) is 9.63. The minimum atomic E-state index is -0.942. The highest BCUT2D eigenvalue weighted by atomic mass is 16.5. The lowest BCUT2D eigenvalue weighted by molar-refractivity contribution is 0.0697. The average Bonchev–Trinajstić information content (AvgIpc) is 2.83. The molecule has 0 saturated heterocycles. The van der Waals surface area contributed by atoms with Gasteiger partial charge in [-0.25, -0.2) is 4.79 Å². The fourth-order valence-electron chi connectivity index (χ4n) is 3.20. The third-order valence-electron chi connectivity index (χ3n) is 4.88. The maximum Gasteiger partial charge on any atom is 0.335 e. The van der Waals surface area contributed by atoms with Crippen molar-refractivity contribution in [2.45, 2.75) is 13.2 Å². The van der Waals surface area contributed by atoms with Gasteiger partial charge >= 0.3 is 5.97 Å². The first-order valence-electron chi connectivity index (χ1n) is 10.0. The SMILES string of the molecule is O=C(O)c1ccc(-c2ccc(OCc3ccccc3)c(OCc3ccccc3)c2)cc1. The molecule has 0 amide bonds. The summed E-state index contributed by atoms with van der Waals surface area (Å²) in [6, 6.07) is 32.5. The standard InChI is InChI=1S/C27H22O4/c28-27(29)23-13-11-22(12-14-23)24-15-16-25(30-18-20-7-3-1-4-8-20)26(17-24)31-19-21-9-5-2-6-10-21/h1-17H,18-19H2,(H,28,29). The molecule has 0 unspecified atom stereocenters. The van der Waals surface area contributed by atoms with Crippen LogP contribution < -0.4 is 9.47 Å². The zero-order valence-electron chi connectivity index (χ0n) is 16.9. The summed E-state index contributed by atoms with van der Waals surface area (Å²) >= 11 is 0. The first-order valence-corrected chi connectivity index (χ1v) is 10.0. The van der Waals surface area contributed by atoms with E-state index in [4.69, 9.17) is 14.6 Å². The smallest absolute Gasteiger partial charge is 0.335 e. The van der Waals surface area contributed by atoms with Gasteiger partial charge in [-0.15, -0.1) is 0 Å². The van der Waals surface area contributed by atoms with Gasteiger partial charge in [0.1, 0.15) is 13.2 Å². The zero-order valence-corrected chi connectivity index (χ0v) is 16.9. The number of hydrogen-bond acceptors (Lipinski definition) is 3. The Labute approximate surface area is 181 Å². The fourth-order valence-corrected chi connectivity index (χ4v) is 3.20. The average molecular weight is 410 g/mol. The molecule has 0 radical (unpaired) electrons. The first kappa shape index (κ1) is 20.2. The normalized spacial score (nSPS) is 10.5. The molecule has 4 aromatic rings. The Morgan fingerprint density at radius 1 is 0.613 bits per heavy atom. The molecular formula is C27H22O4. The molecule has 0 aromatic heterocycles. The van der Waals surface area contributed by atoms with Crippen LogP contribution in [0.3, 0.4) is 0 Å². The lowest BCUT2D eigenvalue weighted by atomic mass is 10.0. The van der Waals surface area contributed by atoms with Gasteiger partial charge in [0.2, 0.25) is 0 Å². The summed E-state index contributed by atoms with van der Waals surface area (Å²) in [6.07, 6.45) is 0. The predicted octanol–water partition coefficient (Wildman–Crippen LogP) is 6.21. The summed E-state index contributed by atoms with van der Waals surface area (Å²) in [7, 11) is 0. The zero-order chi connectivity index (χ0) is 21.5. The highest BCUT2D eigenvalue weighted by Gasteiger charge is 2.10. The molecule has 154 valence electrons. The minimum absolute atomic E-state index is 0.257. The van der Waals surface area contributed by atoms with Gasteiger partial charge in [0.25, 0.3) is 0 Å². The molecule has 4 rings (SSSR count). The Morgan fingerprint density at radius 3 is 1.68 bits per heavy atom. The van der Waals surface area contributed by atoms with Crippen molar-refractivity contribution in [2.24, 2.45) is 0 Å². The highest BCUT2D eigenvalue weighted by molar-refractivity contribution is 5.88. The van der Waals surface area contributed by atoms with E-state index in [0.717, 1.165) is 22.3 Å². The molecule has 0 saturated carbocycles. The summed E-state index contributed by atoms with van der Waals surface area (Å²) in [4.78, 5) is 11.1. The number of ether oxygens (including phenoxy) is 2. The number of benzene rings is 4. The number of carboxylic acids is 1. The van der Waals surface area contributed by atoms with E-state index in [-0.39, 0.29) is 5.56 Å². The summed E-state index contributed by atoms with van der Waals surface area (Å²) in [5, 5.41) is 9.12. The van der Waals surface area contributed by atoms with E-state index in [1.54, 1.807) is 24.3 Å². The van der Waals surface area contributed by atoms with E-state index >= 15 is 0 Å². The predicted molar refractivity (Wildman–Crippen MR) is 120 cm³/mol. The molecule has 0 spiro atoms. The molecule has 4 nitrogen and oxygen atoms in total. The minimum Gasteiger partial charge on any atom is -0.485 e. The van der Waals surface area contributed by atoms with Crippen LogP contribution in [0.2, 0.25) is 0 Å². The van der Waals surface area contributed by atoms with Crippen LogP contribution in [0.5, 0.6) is 11.5 Å². The molecule has 0 aliphatic carbocycles. The number of hydrogen-bond donors (Lipinski definition) is 1. The van der Waals surface area contributed by atoms with Crippen LogP contribution in [0, 0.1) is 0 Å². The second-order valence-electron chi connectivity index (χ2n) is 7.09. The fraction of sp³-hybridized carbons (Fsp3) is 0.0741. The van der Waals surface area contributed by atoms with Gasteiger partial charge in [-0.05, 0) is 46.5 Å². The van der Waals surface area contributed by atoms with E-state index < -0.39 is 5.97 Å². The van der Waals surface area contributed by atoms with Crippen LogP contribution >= 0.6 is 0 Å². The molecule has 0 heterocycles. The van der Waals surface area contributed by atoms with Crippen molar-refractivity contribution in [3.8, 4) is 22.6 Å². The molecule has 0 bridgehead atoms. The van der Waals surface area contributed by atoms with Crippen molar-refractivity contribution < 1.29 is 19.4 Å². The van der Waals surface area contributed by atoms with Crippen molar-refractivity contribution in [3.63, 3.8) is 0 Å². The number of carboxylic acid groups (broad SMARTS) is 1. The maximum atomic E-state index is 11.1. The molecule has 0 aliphatic rings. The molecule has 4 heteroatoms. The van der Waals surface area contributed by atoms with Gasteiger partial charge in [0.05, 0.1) is 5.56 Å². The summed E-state index contributed by atoms with van der Waals surface area (Å²) in [5.41, 5.74) is 4.22. The highest BCUT2D eigenvalue weighted by Crippen LogP contribution is 2.34. The lowest BCUT2D eigenvalue weighted by Gasteiger charge is -2.15. The number of aromatic carboxylic acids is 1. The van der Waals surface area contributed by atoms with Gasteiger partial charge in [-0.2, -0.15) is 0 Å². The Kier molecular flexibility index (Phi) is 6.29. The quantitative estimate of drug-likeness (QED) is 0.375. The van der Waals surface area contributed by atoms with Gasteiger partial charge in [0, 0.05) is 0 Å². The van der Waals surface area contributed by atoms with Gasteiger partial charge in [-0.3, -0.25) is 0 Å². The van der Waals surface area contributed by atoms with E-state index in [0.29, 0.717) is 24.7 Å². The van der Waals surface area contributed by atoms with Crippen molar-refractivity contribution in [1.82, 2.24) is 0 Å². The van der Waals surface area contributed by atoms with Crippen LogP contribution in [-0.2, 0) is 13.2 Å². The topological polar surface area (TPSA) is 55.8 Å². The monoisotopic (exact) mass is 410 g/mol. The Morgan fingerprint density at radius 2 is 1.13 bits per heavy atom. The van der Waals surface area contributed by atoms with Crippen LogP contribution in [0.1, 0.15) is 21.5 Å². The molecule has 0 aliphatic heterocycles. The molecular weight excluding hydrogens is 388 g/mol. The molecule has 1 N–H and O–H groups in total. The lowest BCUT2D eigenvalue weighted by Crippen LogP contribution is -2.01. The maximum absolute atomic E-state index is 11.1. The van der Waals surface area contributed by atoms with Gasteiger partial charge < -0.3 is 14.6 Å². The van der Waals surface area contributed by atoms with Crippen molar-refractivity contribution in [1.29, 1.82) is 0 Å². The third kappa shape index (κ3) is 5.31. The van der Waals surface area contributed by atoms with Crippen LogP contribution in [0.15, 0.2) is 103 Å².